The van der Waals surface area contributed by atoms with Crippen LogP contribution in [0.5, 0.6) is 0 Å². The highest BCUT2D eigenvalue weighted by atomic mass is 79.9. The summed E-state index contributed by atoms with van der Waals surface area (Å²) in [5, 5.41) is 3.38. The number of nitrogens with zero attached hydrogens (tertiary/aromatic N) is 3. The van der Waals surface area contributed by atoms with Gasteiger partial charge in [-0.05, 0) is 56.2 Å². The SMILES string of the molecule is Cc1nc(Nc2ccc(Br)cc2)cc(N2c3ccccc3CC2C)n1. The molecular weight excluding hydrogens is 376 g/mol. The van der Waals surface area contributed by atoms with Crippen molar-refractivity contribution in [3.63, 3.8) is 0 Å². The lowest BCUT2D eigenvalue weighted by molar-refractivity contribution is 0.747. The Bertz CT molecular complexity index is 908. The molecule has 2 heterocycles. The molecule has 126 valence electrons. The number of halogens is 1. The summed E-state index contributed by atoms with van der Waals surface area (Å²) in [6.45, 7) is 4.17. The molecule has 4 rings (SSSR count). The summed E-state index contributed by atoms with van der Waals surface area (Å²) in [4.78, 5) is 11.5. The number of aryl methyl sites for hydroxylation is 1. The molecule has 1 aromatic heterocycles. The first-order valence-electron chi connectivity index (χ1n) is 8.35. The minimum atomic E-state index is 0.382. The number of para-hydroxylation sites is 1. The highest BCUT2D eigenvalue weighted by Gasteiger charge is 2.28. The van der Waals surface area contributed by atoms with Gasteiger partial charge in [-0.25, -0.2) is 9.97 Å². The standard InChI is InChI=1S/C20H19BrN4/c1-13-11-15-5-3-4-6-18(15)25(13)20-12-19(22-14(2)23-20)24-17-9-7-16(21)8-10-17/h3-10,12-13H,11H2,1-2H3,(H,22,23,24). The lowest BCUT2D eigenvalue weighted by atomic mass is 10.1. The first kappa shape index (κ1) is 16.1. The highest BCUT2D eigenvalue weighted by Crippen LogP contribution is 2.37. The van der Waals surface area contributed by atoms with E-state index in [4.69, 9.17) is 0 Å². The van der Waals surface area contributed by atoms with E-state index in [1.165, 1.54) is 11.3 Å². The molecule has 0 bridgehead atoms. The summed E-state index contributed by atoms with van der Waals surface area (Å²) in [6.07, 6.45) is 1.04. The van der Waals surface area contributed by atoms with Gasteiger partial charge in [-0.15, -0.1) is 0 Å². The van der Waals surface area contributed by atoms with Crippen molar-refractivity contribution in [2.75, 3.05) is 10.2 Å². The van der Waals surface area contributed by atoms with Crippen molar-refractivity contribution in [1.29, 1.82) is 0 Å². The summed E-state index contributed by atoms with van der Waals surface area (Å²) >= 11 is 3.46. The third-order valence-corrected chi connectivity index (χ3v) is 4.92. The maximum Gasteiger partial charge on any atom is 0.139 e. The number of fused-ring (bicyclic) bond motifs is 1. The van der Waals surface area contributed by atoms with Crippen LogP contribution in [0, 0.1) is 6.92 Å². The van der Waals surface area contributed by atoms with Gasteiger partial charge in [-0.3, -0.25) is 0 Å². The summed E-state index contributed by atoms with van der Waals surface area (Å²) in [5.41, 5.74) is 3.61. The van der Waals surface area contributed by atoms with Crippen molar-refractivity contribution in [1.82, 2.24) is 9.97 Å². The molecule has 4 nitrogen and oxygen atoms in total. The summed E-state index contributed by atoms with van der Waals surface area (Å²) in [5.74, 6) is 2.50. The largest absolute Gasteiger partial charge is 0.340 e. The third kappa shape index (κ3) is 3.24. The van der Waals surface area contributed by atoms with E-state index in [2.05, 4.69) is 67.3 Å². The zero-order valence-corrected chi connectivity index (χ0v) is 15.8. The fraction of sp³-hybridized carbons (Fsp3) is 0.200. The van der Waals surface area contributed by atoms with Crippen LogP contribution in [-0.4, -0.2) is 16.0 Å². The van der Waals surface area contributed by atoms with E-state index in [-0.39, 0.29) is 0 Å². The van der Waals surface area contributed by atoms with Crippen molar-refractivity contribution < 1.29 is 0 Å². The van der Waals surface area contributed by atoms with Crippen LogP contribution in [0.2, 0.25) is 0 Å². The Labute approximate surface area is 156 Å². The molecule has 0 aliphatic carbocycles. The van der Waals surface area contributed by atoms with Gasteiger partial charge < -0.3 is 10.2 Å². The maximum atomic E-state index is 4.69. The number of benzene rings is 2. The number of anilines is 4. The molecule has 1 N–H and O–H groups in total. The van der Waals surface area contributed by atoms with Crippen LogP contribution in [0.4, 0.5) is 23.0 Å². The second-order valence-corrected chi connectivity index (χ2v) is 7.26. The van der Waals surface area contributed by atoms with Gasteiger partial charge in [0.05, 0.1) is 0 Å². The molecule has 5 heteroatoms. The number of rotatable bonds is 3. The van der Waals surface area contributed by atoms with Gasteiger partial charge in [-0.2, -0.15) is 0 Å². The fourth-order valence-corrected chi connectivity index (χ4v) is 3.60. The van der Waals surface area contributed by atoms with E-state index in [0.717, 1.165) is 34.0 Å². The third-order valence-electron chi connectivity index (χ3n) is 4.40. The lowest BCUT2D eigenvalue weighted by Gasteiger charge is -2.24. The number of nitrogens with one attached hydrogen (secondary N) is 1. The van der Waals surface area contributed by atoms with Crippen LogP contribution in [-0.2, 0) is 6.42 Å². The molecular formula is C20H19BrN4. The molecule has 0 fully saturated rings. The first-order valence-corrected chi connectivity index (χ1v) is 9.15. The predicted octanol–water partition coefficient (Wildman–Crippen LogP) is 5.37. The summed E-state index contributed by atoms with van der Waals surface area (Å²) in [6, 6.07) is 19.0. The maximum absolute atomic E-state index is 4.69. The minimum absolute atomic E-state index is 0.382. The molecule has 1 aliphatic rings. The number of hydrogen-bond acceptors (Lipinski definition) is 4. The van der Waals surface area contributed by atoms with Gasteiger partial charge in [0.15, 0.2) is 0 Å². The number of hydrogen-bond donors (Lipinski definition) is 1. The van der Waals surface area contributed by atoms with E-state index >= 15 is 0 Å². The fourth-order valence-electron chi connectivity index (χ4n) is 3.34. The van der Waals surface area contributed by atoms with Crippen molar-refractivity contribution in [2.45, 2.75) is 26.3 Å². The molecule has 1 unspecified atom stereocenters. The predicted molar refractivity (Wildman–Crippen MR) is 106 cm³/mol. The molecule has 0 amide bonds. The van der Waals surface area contributed by atoms with Crippen LogP contribution in [0.1, 0.15) is 18.3 Å². The Balaban J connectivity index is 1.69. The Morgan fingerprint density at radius 2 is 1.84 bits per heavy atom. The van der Waals surface area contributed by atoms with E-state index in [0.29, 0.717) is 6.04 Å². The van der Waals surface area contributed by atoms with E-state index < -0.39 is 0 Å². The normalized spacial score (nSPS) is 16.0. The zero-order valence-electron chi connectivity index (χ0n) is 14.2. The van der Waals surface area contributed by atoms with Gasteiger partial charge >= 0.3 is 0 Å². The molecule has 0 radical (unpaired) electrons. The molecule has 0 saturated carbocycles. The van der Waals surface area contributed by atoms with Gasteiger partial charge in [0.25, 0.3) is 0 Å². The van der Waals surface area contributed by atoms with Crippen LogP contribution in [0.25, 0.3) is 0 Å². The Hall–Kier alpha value is -2.40. The molecule has 1 aliphatic heterocycles. The second kappa shape index (κ2) is 6.48. The Morgan fingerprint density at radius 3 is 2.64 bits per heavy atom. The summed E-state index contributed by atoms with van der Waals surface area (Å²) in [7, 11) is 0. The van der Waals surface area contributed by atoms with Gasteiger partial charge in [0, 0.05) is 28.0 Å². The average molecular weight is 395 g/mol. The minimum Gasteiger partial charge on any atom is -0.340 e. The highest BCUT2D eigenvalue weighted by molar-refractivity contribution is 9.10. The molecule has 3 aromatic rings. The zero-order chi connectivity index (χ0) is 17.4. The van der Waals surface area contributed by atoms with Crippen LogP contribution >= 0.6 is 15.9 Å². The Morgan fingerprint density at radius 1 is 1.08 bits per heavy atom. The monoisotopic (exact) mass is 394 g/mol. The molecule has 2 aromatic carbocycles. The Kier molecular flexibility index (Phi) is 4.17. The van der Waals surface area contributed by atoms with Gasteiger partial charge in [-0.1, -0.05) is 34.1 Å². The summed E-state index contributed by atoms with van der Waals surface area (Å²) < 4.78 is 1.06. The van der Waals surface area contributed by atoms with Crippen LogP contribution in [0.15, 0.2) is 59.1 Å². The average Bonchev–Trinajstić information content (AvgIpc) is 2.92. The van der Waals surface area contributed by atoms with Crippen LogP contribution < -0.4 is 10.2 Å². The van der Waals surface area contributed by atoms with Crippen molar-refractivity contribution in [2.24, 2.45) is 0 Å². The van der Waals surface area contributed by atoms with Crippen LogP contribution in [0.3, 0.4) is 0 Å². The smallest absolute Gasteiger partial charge is 0.139 e. The van der Waals surface area contributed by atoms with Crippen molar-refractivity contribution in [3.05, 3.63) is 70.5 Å². The van der Waals surface area contributed by atoms with Crippen molar-refractivity contribution in [3.8, 4) is 0 Å². The van der Waals surface area contributed by atoms with Gasteiger partial charge in [0.2, 0.25) is 0 Å². The van der Waals surface area contributed by atoms with Gasteiger partial charge in [0.1, 0.15) is 17.5 Å². The number of aromatic nitrogens is 2. The first-order chi connectivity index (χ1) is 12.1. The molecule has 25 heavy (non-hydrogen) atoms. The molecule has 0 spiro atoms. The van der Waals surface area contributed by atoms with E-state index in [9.17, 15) is 0 Å². The molecule has 1 atom stereocenters. The molecule has 0 saturated heterocycles. The topological polar surface area (TPSA) is 41.1 Å². The lowest BCUT2D eigenvalue weighted by Crippen LogP contribution is -2.25. The van der Waals surface area contributed by atoms with E-state index in [1.54, 1.807) is 0 Å². The van der Waals surface area contributed by atoms with Crippen molar-refractivity contribution >= 4 is 38.9 Å². The quantitative estimate of drug-likeness (QED) is 0.647. The second-order valence-electron chi connectivity index (χ2n) is 6.34. The van der Waals surface area contributed by atoms with E-state index in [1.807, 2.05) is 37.3 Å².